The molecule has 0 unspecified atom stereocenters. The van der Waals surface area contributed by atoms with Gasteiger partial charge in [0.15, 0.2) is 0 Å². The van der Waals surface area contributed by atoms with E-state index in [4.69, 9.17) is 9.84 Å². The maximum Gasteiger partial charge on any atom is 0.341 e. The number of amides is 1. The van der Waals surface area contributed by atoms with Crippen LogP contribution in [0.2, 0.25) is 0 Å². The van der Waals surface area contributed by atoms with Crippen molar-refractivity contribution in [2.45, 2.75) is 58.3 Å². The van der Waals surface area contributed by atoms with Crippen molar-refractivity contribution in [2.24, 2.45) is 0 Å². The summed E-state index contributed by atoms with van der Waals surface area (Å²) in [6.45, 7) is 2.04. The maximum absolute atomic E-state index is 12.4. The molecule has 0 atom stereocenters. The molecule has 0 bridgehead atoms. The number of ether oxygens (including phenoxy) is 1. The number of rotatable bonds is 7. The number of hydrogen-bond acceptors (Lipinski definition) is 5. The summed E-state index contributed by atoms with van der Waals surface area (Å²) in [5, 5.41) is 12.0. The van der Waals surface area contributed by atoms with Crippen LogP contribution in [0, 0.1) is 0 Å². The van der Waals surface area contributed by atoms with Crippen molar-refractivity contribution >= 4 is 34.2 Å². The van der Waals surface area contributed by atoms with E-state index in [1.54, 1.807) is 6.92 Å². The van der Waals surface area contributed by atoms with Crippen molar-refractivity contribution in [3.63, 3.8) is 0 Å². The minimum absolute atomic E-state index is 0.0426. The van der Waals surface area contributed by atoms with Crippen LogP contribution in [0.1, 0.15) is 66.2 Å². The molecule has 0 radical (unpaired) electrons. The molecular formula is C17H23NO5S. The van der Waals surface area contributed by atoms with E-state index in [-0.39, 0.29) is 31.8 Å². The largest absolute Gasteiger partial charge is 0.481 e. The molecule has 0 aliphatic heterocycles. The molecule has 132 valence electrons. The van der Waals surface area contributed by atoms with Gasteiger partial charge in [-0.3, -0.25) is 9.59 Å². The van der Waals surface area contributed by atoms with Gasteiger partial charge in [-0.05, 0) is 44.6 Å². The molecule has 1 aromatic rings. The van der Waals surface area contributed by atoms with Gasteiger partial charge in [0, 0.05) is 17.7 Å². The van der Waals surface area contributed by atoms with Crippen LogP contribution >= 0.6 is 11.3 Å². The topological polar surface area (TPSA) is 92.7 Å². The van der Waals surface area contributed by atoms with Gasteiger partial charge in [0.1, 0.15) is 5.00 Å². The lowest BCUT2D eigenvalue weighted by molar-refractivity contribution is -0.137. The molecule has 1 heterocycles. The van der Waals surface area contributed by atoms with Gasteiger partial charge in [0.05, 0.1) is 12.2 Å². The standard InChI is InChI=1S/C17H23NO5S/c1-2-23-17(22)15-11-7-4-3-5-8-12(11)24-16(15)18-13(19)9-6-10-14(20)21/h2-10H2,1H3,(H,18,19)(H,20,21). The van der Waals surface area contributed by atoms with E-state index < -0.39 is 11.9 Å². The number of hydrogen-bond donors (Lipinski definition) is 2. The zero-order chi connectivity index (χ0) is 17.5. The second-order valence-electron chi connectivity index (χ2n) is 5.78. The van der Waals surface area contributed by atoms with Crippen LogP contribution in [0.15, 0.2) is 0 Å². The van der Waals surface area contributed by atoms with Crippen LogP contribution < -0.4 is 5.32 Å². The number of carbonyl (C=O) groups is 3. The summed E-state index contributed by atoms with van der Waals surface area (Å²) in [5.41, 5.74) is 1.50. The second-order valence-corrected chi connectivity index (χ2v) is 6.89. The molecule has 1 aliphatic carbocycles. The minimum atomic E-state index is -0.919. The number of carboxylic acid groups (broad SMARTS) is 1. The molecular weight excluding hydrogens is 330 g/mol. The van der Waals surface area contributed by atoms with Crippen molar-refractivity contribution in [1.82, 2.24) is 0 Å². The number of aliphatic carboxylic acids is 1. The highest BCUT2D eigenvalue weighted by Crippen LogP contribution is 2.38. The number of nitrogens with one attached hydrogen (secondary N) is 1. The number of thiophene rings is 1. The molecule has 0 fully saturated rings. The fourth-order valence-electron chi connectivity index (χ4n) is 2.84. The summed E-state index contributed by atoms with van der Waals surface area (Å²) in [5.74, 6) is -1.58. The second kappa shape index (κ2) is 8.82. The van der Waals surface area contributed by atoms with Gasteiger partial charge >= 0.3 is 11.9 Å². The van der Waals surface area contributed by atoms with E-state index in [1.807, 2.05) is 0 Å². The molecule has 2 rings (SSSR count). The molecule has 0 spiro atoms. The summed E-state index contributed by atoms with van der Waals surface area (Å²) in [6.07, 6.45) is 5.36. The Morgan fingerprint density at radius 3 is 2.62 bits per heavy atom. The highest BCUT2D eigenvalue weighted by Gasteiger charge is 2.26. The minimum Gasteiger partial charge on any atom is -0.481 e. The van der Waals surface area contributed by atoms with Crippen LogP contribution in [0.4, 0.5) is 5.00 Å². The molecule has 2 N–H and O–H groups in total. The first-order valence-electron chi connectivity index (χ1n) is 8.36. The first-order chi connectivity index (χ1) is 11.5. The molecule has 0 saturated heterocycles. The van der Waals surface area contributed by atoms with Gasteiger partial charge in [-0.25, -0.2) is 4.79 Å². The highest BCUT2D eigenvalue weighted by atomic mass is 32.1. The summed E-state index contributed by atoms with van der Waals surface area (Å²) < 4.78 is 5.17. The van der Waals surface area contributed by atoms with Crippen LogP contribution in [0.5, 0.6) is 0 Å². The SMILES string of the molecule is CCOC(=O)c1c(NC(=O)CCCC(=O)O)sc2c1CCCCC2. The van der Waals surface area contributed by atoms with Crippen molar-refractivity contribution in [3.8, 4) is 0 Å². The van der Waals surface area contributed by atoms with Crippen LogP contribution in [-0.2, 0) is 27.2 Å². The van der Waals surface area contributed by atoms with Crippen LogP contribution in [-0.4, -0.2) is 29.6 Å². The van der Waals surface area contributed by atoms with E-state index in [0.29, 0.717) is 10.6 Å². The summed E-state index contributed by atoms with van der Waals surface area (Å²) in [6, 6.07) is 0. The van der Waals surface area contributed by atoms with Crippen molar-refractivity contribution in [1.29, 1.82) is 0 Å². The number of esters is 1. The predicted molar refractivity (Wildman–Crippen MR) is 91.7 cm³/mol. The average molecular weight is 353 g/mol. The van der Waals surface area contributed by atoms with Gasteiger partial charge in [0.25, 0.3) is 0 Å². The highest BCUT2D eigenvalue weighted by molar-refractivity contribution is 7.17. The third-order valence-corrected chi connectivity index (χ3v) is 5.16. The van der Waals surface area contributed by atoms with Gasteiger partial charge in [-0.1, -0.05) is 6.42 Å². The molecule has 1 aromatic heterocycles. The first kappa shape index (κ1) is 18.4. The maximum atomic E-state index is 12.4. The van der Waals surface area contributed by atoms with E-state index in [0.717, 1.165) is 42.5 Å². The van der Waals surface area contributed by atoms with E-state index >= 15 is 0 Å². The summed E-state index contributed by atoms with van der Waals surface area (Å²) in [4.78, 5) is 36.1. The van der Waals surface area contributed by atoms with Crippen molar-refractivity contribution < 1.29 is 24.2 Å². The zero-order valence-corrected chi connectivity index (χ0v) is 14.7. The van der Waals surface area contributed by atoms with Gasteiger partial charge < -0.3 is 15.2 Å². The molecule has 0 saturated carbocycles. The van der Waals surface area contributed by atoms with Crippen molar-refractivity contribution in [3.05, 3.63) is 16.0 Å². The molecule has 1 aliphatic rings. The number of carbonyl (C=O) groups excluding carboxylic acids is 2. The third kappa shape index (κ3) is 4.80. The van der Waals surface area contributed by atoms with Gasteiger partial charge in [0.2, 0.25) is 5.91 Å². The normalized spacial score (nSPS) is 13.7. The zero-order valence-electron chi connectivity index (χ0n) is 13.9. The Labute approximate surface area is 145 Å². The quantitative estimate of drug-likeness (QED) is 0.579. The smallest absolute Gasteiger partial charge is 0.341 e. The Bertz CT molecular complexity index is 623. The van der Waals surface area contributed by atoms with Gasteiger partial charge in [-0.15, -0.1) is 11.3 Å². The van der Waals surface area contributed by atoms with E-state index in [9.17, 15) is 14.4 Å². The van der Waals surface area contributed by atoms with Crippen LogP contribution in [0.3, 0.4) is 0 Å². The summed E-state index contributed by atoms with van der Waals surface area (Å²) >= 11 is 1.45. The number of fused-ring (bicyclic) bond motifs is 1. The Kier molecular flexibility index (Phi) is 6.78. The molecule has 7 heteroatoms. The Hall–Kier alpha value is -1.89. The van der Waals surface area contributed by atoms with Crippen LogP contribution in [0.25, 0.3) is 0 Å². The van der Waals surface area contributed by atoms with E-state index in [1.165, 1.54) is 11.3 Å². The number of aryl methyl sites for hydroxylation is 1. The molecule has 1 amide bonds. The lowest BCUT2D eigenvalue weighted by atomic mass is 10.1. The molecule has 0 aromatic carbocycles. The van der Waals surface area contributed by atoms with E-state index in [2.05, 4.69) is 5.32 Å². The number of anilines is 1. The predicted octanol–water partition coefficient (Wildman–Crippen LogP) is 3.39. The Morgan fingerprint density at radius 1 is 1.17 bits per heavy atom. The molecule has 24 heavy (non-hydrogen) atoms. The fraction of sp³-hybridized carbons (Fsp3) is 0.588. The fourth-order valence-corrected chi connectivity index (χ4v) is 4.13. The average Bonchev–Trinajstić information content (AvgIpc) is 2.68. The first-order valence-corrected chi connectivity index (χ1v) is 9.17. The van der Waals surface area contributed by atoms with Gasteiger partial charge in [-0.2, -0.15) is 0 Å². The lowest BCUT2D eigenvalue weighted by Gasteiger charge is -2.08. The summed E-state index contributed by atoms with van der Waals surface area (Å²) in [7, 11) is 0. The monoisotopic (exact) mass is 353 g/mol. The third-order valence-electron chi connectivity index (χ3n) is 3.95. The number of carboxylic acids is 1. The Morgan fingerprint density at radius 2 is 1.92 bits per heavy atom. The molecule has 6 nitrogen and oxygen atoms in total. The lowest BCUT2D eigenvalue weighted by Crippen LogP contribution is -2.15. The van der Waals surface area contributed by atoms with Crippen molar-refractivity contribution in [2.75, 3.05) is 11.9 Å². The Balaban J connectivity index is 2.17.